The van der Waals surface area contributed by atoms with Crippen molar-refractivity contribution in [2.45, 2.75) is 12.5 Å². The molecule has 1 atom stereocenters. The maximum atomic E-state index is 12.9. The number of amides is 1. The third kappa shape index (κ3) is 4.13. The van der Waals surface area contributed by atoms with Crippen molar-refractivity contribution in [2.24, 2.45) is 0 Å². The van der Waals surface area contributed by atoms with E-state index in [1.807, 2.05) is 12.1 Å². The van der Waals surface area contributed by atoms with Gasteiger partial charge >= 0.3 is 0 Å². The second kappa shape index (κ2) is 9.19. The Labute approximate surface area is 175 Å². The Bertz CT molecular complexity index is 924. The second-order valence-corrected chi connectivity index (χ2v) is 7.45. The van der Waals surface area contributed by atoms with Crippen LogP contribution in [0.3, 0.4) is 0 Å². The topological polar surface area (TPSA) is 83.0 Å². The summed E-state index contributed by atoms with van der Waals surface area (Å²) in [4.78, 5) is 33.8. The van der Waals surface area contributed by atoms with E-state index in [4.69, 9.17) is 4.74 Å². The van der Waals surface area contributed by atoms with Crippen LogP contribution in [0.4, 0.5) is 0 Å². The molecule has 1 N–H and O–H groups in total. The minimum absolute atomic E-state index is 0.116. The van der Waals surface area contributed by atoms with E-state index in [9.17, 15) is 14.7 Å². The fraction of sp³-hybridized carbons (Fsp3) is 0.348. The quantitative estimate of drug-likeness (QED) is 0.449. The SMILES string of the molecule is O=C1C(=O)N(CCCN2CCOCC2)C(c2cccnc2)/C1=C(\O)c1ccccc1. The van der Waals surface area contributed by atoms with Gasteiger partial charge < -0.3 is 14.7 Å². The molecule has 156 valence electrons. The molecule has 7 nitrogen and oxygen atoms in total. The minimum Gasteiger partial charge on any atom is -0.507 e. The Hall–Kier alpha value is -3.03. The predicted molar refractivity (Wildman–Crippen MR) is 112 cm³/mol. The first-order valence-corrected chi connectivity index (χ1v) is 10.2. The molecule has 2 saturated heterocycles. The molecule has 2 fully saturated rings. The van der Waals surface area contributed by atoms with Gasteiger partial charge in [-0.2, -0.15) is 0 Å². The van der Waals surface area contributed by atoms with Crippen molar-refractivity contribution in [2.75, 3.05) is 39.4 Å². The van der Waals surface area contributed by atoms with Crippen LogP contribution in [-0.4, -0.2) is 71.0 Å². The molecule has 0 bridgehead atoms. The maximum Gasteiger partial charge on any atom is 0.295 e. The Morgan fingerprint density at radius 3 is 2.53 bits per heavy atom. The number of pyridine rings is 1. The highest BCUT2D eigenvalue weighted by molar-refractivity contribution is 6.46. The largest absolute Gasteiger partial charge is 0.507 e. The number of morpholine rings is 1. The summed E-state index contributed by atoms with van der Waals surface area (Å²) in [6, 6.07) is 11.8. The van der Waals surface area contributed by atoms with Crippen molar-refractivity contribution in [1.82, 2.24) is 14.8 Å². The van der Waals surface area contributed by atoms with E-state index < -0.39 is 17.7 Å². The molecule has 2 aliphatic heterocycles. The van der Waals surface area contributed by atoms with E-state index in [1.165, 1.54) is 0 Å². The molecular formula is C23H25N3O4. The molecule has 0 aliphatic carbocycles. The number of carbonyl (C=O) groups excluding carboxylic acids is 2. The lowest BCUT2D eigenvalue weighted by Crippen LogP contribution is -2.39. The molecule has 1 amide bonds. The number of nitrogens with zero attached hydrogens (tertiary/aromatic N) is 3. The lowest BCUT2D eigenvalue weighted by molar-refractivity contribution is -0.140. The highest BCUT2D eigenvalue weighted by Gasteiger charge is 2.45. The van der Waals surface area contributed by atoms with E-state index in [1.54, 1.807) is 47.6 Å². The molecule has 1 aromatic carbocycles. The van der Waals surface area contributed by atoms with Crippen LogP contribution in [0.15, 0.2) is 60.4 Å². The van der Waals surface area contributed by atoms with Crippen LogP contribution >= 0.6 is 0 Å². The smallest absolute Gasteiger partial charge is 0.295 e. The van der Waals surface area contributed by atoms with Gasteiger partial charge in [-0.15, -0.1) is 0 Å². The fourth-order valence-electron chi connectivity index (χ4n) is 4.04. The van der Waals surface area contributed by atoms with Gasteiger partial charge in [-0.3, -0.25) is 19.5 Å². The summed E-state index contributed by atoms with van der Waals surface area (Å²) in [6.07, 6.45) is 4.02. The van der Waals surface area contributed by atoms with Gasteiger partial charge in [0.15, 0.2) is 0 Å². The Morgan fingerprint density at radius 1 is 1.07 bits per heavy atom. The third-order valence-corrected chi connectivity index (χ3v) is 5.56. The summed E-state index contributed by atoms with van der Waals surface area (Å²) in [5.74, 6) is -1.39. The van der Waals surface area contributed by atoms with Crippen LogP contribution in [0.5, 0.6) is 0 Å². The van der Waals surface area contributed by atoms with Gasteiger partial charge in [0.1, 0.15) is 5.76 Å². The number of aromatic nitrogens is 1. The number of Topliss-reactive ketones (excluding diaryl/α,β-unsaturated/α-hetero) is 1. The number of carbonyl (C=O) groups is 2. The predicted octanol–water partition coefficient (Wildman–Crippen LogP) is 2.23. The molecule has 0 radical (unpaired) electrons. The van der Waals surface area contributed by atoms with Crippen LogP contribution < -0.4 is 0 Å². The van der Waals surface area contributed by atoms with E-state index >= 15 is 0 Å². The molecule has 2 aliphatic rings. The zero-order chi connectivity index (χ0) is 20.9. The molecule has 4 rings (SSSR count). The zero-order valence-electron chi connectivity index (χ0n) is 16.7. The van der Waals surface area contributed by atoms with Gasteiger partial charge in [-0.05, 0) is 18.1 Å². The van der Waals surface area contributed by atoms with Gasteiger partial charge in [-0.1, -0.05) is 36.4 Å². The molecule has 7 heteroatoms. The van der Waals surface area contributed by atoms with Crippen LogP contribution in [0, 0.1) is 0 Å². The van der Waals surface area contributed by atoms with Crippen molar-refractivity contribution >= 4 is 17.4 Å². The lowest BCUT2D eigenvalue weighted by atomic mass is 9.96. The van der Waals surface area contributed by atoms with Crippen LogP contribution in [0.25, 0.3) is 5.76 Å². The van der Waals surface area contributed by atoms with Crippen LogP contribution in [0.2, 0.25) is 0 Å². The number of hydrogen-bond donors (Lipinski definition) is 1. The van der Waals surface area contributed by atoms with Crippen molar-refractivity contribution in [3.8, 4) is 0 Å². The molecule has 1 unspecified atom stereocenters. The van der Waals surface area contributed by atoms with Crippen molar-refractivity contribution in [1.29, 1.82) is 0 Å². The first-order valence-electron chi connectivity index (χ1n) is 10.2. The number of likely N-dealkylation sites (tertiary alicyclic amines) is 1. The van der Waals surface area contributed by atoms with Crippen molar-refractivity contribution < 1.29 is 19.4 Å². The first-order chi connectivity index (χ1) is 14.7. The van der Waals surface area contributed by atoms with Gasteiger partial charge in [0, 0.05) is 44.1 Å². The monoisotopic (exact) mass is 407 g/mol. The Kier molecular flexibility index (Phi) is 6.21. The highest BCUT2D eigenvalue weighted by Crippen LogP contribution is 2.39. The maximum absolute atomic E-state index is 12.9. The molecular weight excluding hydrogens is 382 g/mol. The van der Waals surface area contributed by atoms with E-state index in [0.717, 1.165) is 39.3 Å². The van der Waals surface area contributed by atoms with Gasteiger partial charge in [0.2, 0.25) is 0 Å². The zero-order valence-corrected chi connectivity index (χ0v) is 16.7. The lowest BCUT2D eigenvalue weighted by Gasteiger charge is -2.29. The molecule has 2 aromatic rings. The standard InChI is InChI=1S/C23H25N3O4/c27-21(17-6-2-1-3-7-17)19-20(18-8-4-9-24-16-18)26(23(29)22(19)28)11-5-10-25-12-14-30-15-13-25/h1-4,6-9,16,20,27H,5,10-15H2/b21-19+. The van der Waals surface area contributed by atoms with E-state index in [2.05, 4.69) is 9.88 Å². The minimum atomic E-state index is -0.656. The number of aliphatic hydroxyl groups is 1. The number of hydrogen-bond acceptors (Lipinski definition) is 6. The fourth-order valence-corrected chi connectivity index (χ4v) is 4.04. The third-order valence-electron chi connectivity index (χ3n) is 5.56. The molecule has 0 spiro atoms. The number of aliphatic hydroxyl groups excluding tert-OH is 1. The van der Waals surface area contributed by atoms with Crippen LogP contribution in [0.1, 0.15) is 23.6 Å². The average molecular weight is 407 g/mol. The van der Waals surface area contributed by atoms with E-state index in [-0.39, 0.29) is 11.3 Å². The summed E-state index contributed by atoms with van der Waals surface area (Å²) in [5, 5.41) is 10.9. The number of rotatable bonds is 6. The first kappa shape index (κ1) is 20.3. The summed E-state index contributed by atoms with van der Waals surface area (Å²) in [7, 11) is 0. The molecule has 1 aromatic heterocycles. The summed E-state index contributed by atoms with van der Waals surface area (Å²) >= 11 is 0. The molecule has 0 saturated carbocycles. The summed E-state index contributed by atoms with van der Waals surface area (Å²) < 4.78 is 5.38. The molecule has 3 heterocycles. The normalized spacial score (nSPS) is 21.9. The van der Waals surface area contributed by atoms with Crippen molar-refractivity contribution in [3.63, 3.8) is 0 Å². The van der Waals surface area contributed by atoms with Gasteiger partial charge in [0.05, 0.1) is 24.8 Å². The highest BCUT2D eigenvalue weighted by atomic mass is 16.5. The van der Waals surface area contributed by atoms with Gasteiger partial charge in [0.25, 0.3) is 11.7 Å². The van der Waals surface area contributed by atoms with Crippen LogP contribution in [-0.2, 0) is 14.3 Å². The Morgan fingerprint density at radius 2 is 1.83 bits per heavy atom. The summed E-state index contributed by atoms with van der Waals surface area (Å²) in [5.41, 5.74) is 1.34. The average Bonchev–Trinajstić information content (AvgIpc) is 3.05. The van der Waals surface area contributed by atoms with Crippen molar-refractivity contribution in [3.05, 3.63) is 71.6 Å². The van der Waals surface area contributed by atoms with E-state index in [0.29, 0.717) is 17.7 Å². The summed E-state index contributed by atoms with van der Waals surface area (Å²) in [6.45, 7) is 4.43. The second-order valence-electron chi connectivity index (χ2n) is 7.45. The molecule has 30 heavy (non-hydrogen) atoms. The van der Waals surface area contributed by atoms with Gasteiger partial charge in [-0.25, -0.2) is 0 Å². The number of ether oxygens (including phenoxy) is 1. The number of benzene rings is 1. The number of ketones is 1. The Balaban J connectivity index is 1.63.